The summed E-state index contributed by atoms with van der Waals surface area (Å²) < 4.78 is 5.35. The van der Waals surface area contributed by atoms with Gasteiger partial charge in [-0.25, -0.2) is 9.59 Å². The van der Waals surface area contributed by atoms with Gasteiger partial charge in [-0.3, -0.25) is 4.90 Å². The van der Waals surface area contributed by atoms with Crippen molar-refractivity contribution in [3.8, 4) is 0 Å². The first kappa shape index (κ1) is 21.6. The highest BCUT2D eigenvalue weighted by atomic mass is 32.1. The Bertz CT molecular complexity index is 919. The third kappa shape index (κ3) is 5.35. The molecule has 0 unspecified atom stereocenters. The summed E-state index contributed by atoms with van der Waals surface area (Å²) in [6.45, 7) is 4.53. The van der Waals surface area contributed by atoms with E-state index in [0.29, 0.717) is 30.3 Å². The molecule has 4 rings (SSSR count). The number of piperidine rings is 1. The third-order valence-corrected chi connectivity index (χ3v) is 6.87. The van der Waals surface area contributed by atoms with E-state index in [2.05, 4.69) is 45.9 Å². The fourth-order valence-electron chi connectivity index (χ4n) is 4.38. The number of urea groups is 1. The van der Waals surface area contributed by atoms with Gasteiger partial charge in [0.1, 0.15) is 0 Å². The van der Waals surface area contributed by atoms with Crippen LogP contribution < -0.4 is 10.6 Å². The second-order valence-corrected chi connectivity index (χ2v) is 9.05. The van der Waals surface area contributed by atoms with Crippen molar-refractivity contribution in [1.82, 2.24) is 15.5 Å². The molecule has 7 heteroatoms. The average molecular weight is 440 g/mol. The summed E-state index contributed by atoms with van der Waals surface area (Å²) in [5.41, 5.74) is 2.55. The first-order valence-corrected chi connectivity index (χ1v) is 11.8. The van der Waals surface area contributed by atoms with E-state index in [1.807, 2.05) is 17.5 Å². The van der Waals surface area contributed by atoms with Gasteiger partial charge in [-0.1, -0.05) is 36.4 Å². The van der Waals surface area contributed by atoms with Crippen molar-refractivity contribution in [1.29, 1.82) is 0 Å². The number of nitrogens with one attached hydrogen (secondary N) is 2. The van der Waals surface area contributed by atoms with Crippen molar-refractivity contribution < 1.29 is 14.3 Å². The molecule has 31 heavy (non-hydrogen) atoms. The van der Waals surface area contributed by atoms with Gasteiger partial charge in [-0.2, -0.15) is 0 Å². The molecule has 0 saturated carbocycles. The van der Waals surface area contributed by atoms with E-state index < -0.39 is 6.04 Å². The number of carbonyl (C=O) groups excluding carboxylic acids is 2. The zero-order chi connectivity index (χ0) is 21.6. The molecule has 164 valence electrons. The van der Waals surface area contributed by atoms with E-state index >= 15 is 0 Å². The van der Waals surface area contributed by atoms with Gasteiger partial charge in [-0.15, -0.1) is 11.3 Å². The van der Waals surface area contributed by atoms with Crippen LogP contribution in [0.3, 0.4) is 0 Å². The Morgan fingerprint density at radius 3 is 2.61 bits per heavy atom. The van der Waals surface area contributed by atoms with Crippen molar-refractivity contribution in [3.05, 3.63) is 69.6 Å². The second kappa shape index (κ2) is 10.1. The molecule has 1 aromatic carbocycles. The number of benzene rings is 1. The smallest absolute Gasteiger partial charge is 0.338 e. The van der Waals surface area contributed by atoms with Crippen molar-refractivity contribution in [2.24, 2.45) is 5.92 Å². The first-order chi connectivity index (χ1) is 15.1. The summed E-state index contributed by atoms with van der Waals surface area (Å²) in [5.74, 6) is 0.293. The molecule has 0 spiro atoms. The van der Waals surface area contributed by atoms with Crippen molar-refractivity contribution >= 4 is 23.3 Å². The monoisotopic (exact) mass is 439 g/mol. The van der Waals surface area contributed by atoms with E-state index in [-0.39, 0.29) is 12.0 Å². The van der Waals surface area contributed by atoms with Crippen LogP contribution in [0.4, 0.5) is 4.79 Å². The average Bonchev–Trinajstić information content (AvgIpc) is 3.30. The number of likely N-dealkylation sites (tertiary alicyclic amines) is 1. The Labute approximate surface area is 187 Å². The lowest BCUT2D eigenvalue weighted by molar-refractivity contribution is -0.139. The Kier molecular flexibility index (Phi) is 7.04. The molecule has 0 radical (unpaired) electrons. The highest BCUT2D eigenvalue weighted by Gasteiger charge is 2.35. The summed E-state index contributed by atoms with van der Waals surface area (Å²) in [4.78, 5) is 28.5. The van der Waals surface area contributed by atoms with Crippen LogP contribution in [0.25, 0.3) is 0 Å². The van der Waals surface area contributed by atoms with Crippen LogP contribution in [0.15, 0.2) is 59.1 Å². The lowest BCUT2D eigenvalue weighted by atomic mass is 9.90. The molecule has 2 aliphatic rings. The number of hydrogen-bond acceptors (Lipinski definition) is 5. The number of carbonyl (C=O) groups is 2. The van der Waals surface area contributed by atoms with E-state index in [1.54, 1.807) is 6.92 Å². The number of nitrogens with zero attached hydrogens (tertiary/aromatic N) is 1. The molecule has 2 aromatic rings. The highest BCUT2D eigenvalue weighted by molar-refractivity contribution is 7.10. The van der Waals surface area contributed by atoms with Crippen molar-refractivity contribution in [3.63, 3.8) is 0 Å². The van der Waals surface area contributed by atoms with Crippen LogP contribution in [0.1, 0.15) is 36.2 Å². The largest absolute Gasteiger partial charge is 0.463 e. The van der Waals surface area contributed by atoms with Crippen molar-refractivity contribution in [2.75, 3.05) is 26.2 Å². The Morgan fingerprint density at radius 2 is 1.94 bits per heavy atom. The topological polar surface area (TPSA) is 70.7 Å². The van der Waals surface area contributed by atoms with Gasteiger partial charge in [0.05, 0.1) is 18.2 Å². The molecular formula is C24H29N3O3S. The number of rotatable bonds is 7. The quantitative estimate of drug-likeness (QED) is 0.643. The predicted molar refractivity (Wildman–Crippen MR) is 122 cm³/mol. The van der Waals surface area contributed by atoms with E-state index in [0.717, 1.165) is 37.2 Å². The summed E-state index contributed by atoms with van der Waals surface area (Å²) in [6.07, 6.45) is 3.32. The number of amides is 2. The molecule has 1 fully saturated rings. The number of hydrogen-bond donors (Lipinski definition) is 2. The third-order valence-electron chi connectivity index (χ3n) is 5.93. The van der Waals surface area contributed by atoms with Gasteiger partial charge >= 0.3 is 12.0 Å². The summed E-state index contributed by atoms with van der Waals surface area (Å²) in [6, 6.07) is 13.7. The van der Waals surface area contributed by atoms with E-state index in [4.69, 9.17) is 4.74 Å². The van der Waals surface area contributed by atoms with Crippen LogP contribution in [0.2, 0.25) is 0 Å². The van der Waals surface area contributed by atoms with Crippen LogP contribution >= 0.6 is 11.3 Å². The molecule has 2 amide bonds. The summed E-state index contributed by atoms with van der Waals surface area (Å²) in [5, 5.41) is 7.73. The Balaban J connectivity index is 1.47. The van der Waals surface area contributed by atoms with Gasteiger partial charge in [0.2, 0.25) is 0 Å². The van der Waals surface area contributed by atoms with Gasteiger partial charge in [-0.05, 0) is 62.2 Å². The van der Waals surface area contributed by atoms with Crippen LogP contribution in [-0.2, 0) is 16.0 Å². The molecule has 6 nitrogen and oxygen atoms in total. The first-order valence-electron chi connectivity index (χ1n) is 10.9. The molecule has 1 aromatic heterocycles. The molecule has 2 aliphatic heterocycles. The van der Waals surface area contributed by atoms with Gasteiger partial charge in [0.25, 0.3) is 0 Å². The fraction of sp³-hybridized carbons (Fsp3) is 0.417. The minimum Gasteiger partial charge on any atom is -0.463 e. The number of ether oxygens (including phenoxy) is 1. The normalized spacial score (nSPS) is 20.3. The zero-order valence-corrected chi connectivity index (χ0v) is 18.6. The van der Waals surface area contributed by atoms with Gasteiger partial charge in [0, 0.05) is 17.1 Å². The Hall–Kier alpha value is -2.64. The molecule has 0 aliphatic carbocycles. The molecule has 2 N–H and O–H groups in total. The Morgan fingerprint density at radius 1 is 1.16 bits per heavy atom. The zero-order valence-electron chi connectivity index (χ0n) is 17.8. The lowest BCUT2D eigenvalue weighted by Crippen LogP contribution is -2.49. The van der Waals surface area contributed by atoms with Crippen LogP contribution in [-0.4, -0.2) is 43.1 Å². The highest BCUT2D eigenvalue weighted by Crippen LogP contribution is 2.31. The standard InChI is InChI=1S/C24H29N3O3S/c1-2-30-23(28)21-19(25-24(29)26-22(21)20-9-6-14-31-20)16-27-12-10-18(11-13-27)15-17-7-4-3-5-8-17/h3-9,14,18,22H,2,10-13,15-16H2,1H3,(H2,25,26,29)/t22-/m1/s1. The molecule has 1 atom stereocenters. The van der Waals surface area contributed by atoms with Crippen LogP contribution in [0.5, 0.6) is 0 Å². The maximum Gasteiger partial charge on any atom is 0.338 e. The summed E-state index contributed by atoms with van der Waals surface area (Å²) in [7, 11) is 0. The summed E-state index contributed by atoms with van der Waals surface area (Å²) >= 11 is 1.52. The fourth-order valence-corrected chi connectivity index (χ4v) is 5.17. The number of thiophene rings is 1. The van der Waals surface area contributed by atoms with Crippen LogP contribution in [0, 0.1) is 5.92 Å². The maximum absolute atomic E-state index is 12.8. The SMILES string of the molecule is CCOC(=O)C1=C(CN2CCC(Cc3ccccc3)CC2)NC(=O)N[C@@H]1c1cccs1. The lowest BCUT2D eigenvalue weighted by Gasteiger charge is -2.35. The number of esters is 1. The van der Waals surface area contributed by atoms with Crippen molar-refractivity contribution in [2.45, 2.75) is 32.2 Å². The molecular weight excluding hydrogens is 410 g/mol. The molecule has 0 bridgehead atoms. The van der Waals surface area contributed by atoms with Gasteiger partial charge in [0.15, 0.2) is 0 Å². The van der Waals surface area contributed by atoms with E-state index in [1.165, 1.54) is 16.9 Å². The molecule has 1 saturated heterocycles. The maximum atomic E-state index is 12.8. The minimum absolute atomic E-state index is 0.277. The predicted octanol–water partition coefficient (Wildman–Crippen LogP) is 3.87. The second-order valence-electron chi connectivity index (χ2n) is 8.07. The van der Waals surface area contributed by atoms with E-state index in [9.17, 15) is 9.59 Å². The molecule has 3 heterocycles. The minimum atomic E-state index is -0.474. The van der Waals surface area contributed by atoms with Gasteiger partial charge < -0.3 is 15.4 Å².